The molecule has 3 nitrogen and oxygen atoms in total. The Kier molecular flexibility index (Phi) is 7.67. The third-order valence-electron chi connectivity index (χ3n) is 2.79. The molecule has 1 unspecified atom stereocenters. The van der Waals surface area contributed by atoms with E-state index in [1.165, 1.54) is 0 Å². The van der Waals surface area contributed by atoms with Crippen LogP contribution in [0.2, 0.25) is 0 Å². The van der Waals surface area contributed by atoms with Gasteiger partial charge >= 0.3 is 0 Å². The van der Waals surface area contributed by atoms with E-state index >= 15 is 0 Å². The van der Waals surface area contributed by atoms with Crippen molar-refractivity contribution in [2.24, 2.45) is 0 Å². The second kappa shape index (κ2) is 9.01. The summed E-state index contributed by atoms with van der Waals surface area (Å²) in [6, 6.07) is 5.41. The average Bonchev–Trinajstić information content (AvgIpc) is 2.49. The maximum atomic E-state index is 12.2. The number of carbonyl (C=O) groups excluding carboxylic acids is 1. The molecule has 1 aromatic carbocycles. The van der Waals surface area contributed by atoms with Crippen molar-refractivity contribution in [2.45, 2.75) is 44.9 Å². The summed E-state index contributed by atoms with van der Waals surface area (Å²) in [6.07, 6.45) is 2.62. The average molecular weight is 343 g/mol. The Balaban J connectivity index is 2.96. The lowest BCUT2D eigenvalue weighted by Crippen LogP contribution is -2.13. The van der Waals surface area contributed by atoms with Gasteiger partial charge in [-0.15, -0.1) is 0 Å². The quantitative estimate of drug-likeness (QED) is 0.485. The van der Waals surface area contributed by atoms with E-state index in [-0.39, 0.29) is 10.6 Å². The van der Waals surface area contributed by atoms with Gasteiger partial charge in [-0.05, 0) is 37.5 Å². The number of ketones is 1. The summed E-state index contributed by atoms with van der Waals surface area (Å²) in [5.41, 5.74) is 0.656. The molecule has 0 aliphatic rings. The largest absolute Gasteiger partial charge is 0.490 e. The highest BCUT2D eigenvalue weighted by molar-refractivity contribution is 9.10. The molecule has 0 N–H and O–H groups in total. The lowest BCUT2D eigenvalue weighted by molar-refractivity contribution is 0.0989. The van der Waals surface area contributed by atoms with Gasteiger partial charge in [0.2, 0.25) is 0 Å². The molecule has 0 heterocycles. The first-order valence-electron chi connectivity index (χ1n) is 7.21. The van der Waals surface area contributed by atoms with E-state index in [9.17, 15) is 4.79 Å². The van der Waals surface area contributed by atoms with Gasteiger partial charge in [-0.3, -0.25) is 4.79 Å². The number of hydrogen-bond acceptors (Lipinski definition) is 3. The van der Waals surface area contributed by atoms with Crippen LogP contribution < -0.4 is 9.47 Å². The molecule has 0 saturated carbocycles. The van der Waals surface area contributed by atoms with E-state index < -0.39 is 0 Å². The zero-order chi connectivity index (χ0) is 15.0. The standard InChI is InChI=1S/C16H23BrO3/c1-4-9-19-14-8-7-12(16(18)13(17)6-3)11-15(14)20-10-5-2/h7-8,11,13H,4-6,9-10H2,1-3H3. The molecular formula is C16H23BrO3. The number of benzene rings is 1. The molecule has 1 rings (SSSR count). The molecule has 4 heteroatoms. The normalized spacial score (nSPS) is 12.0. The van der Waals surface area contributed by atoms with E-state index in [4.69, 9.17) is 9.47 Å². The second-order valence-electron chi connectivity index (χ2n) is 4.60. The number of rotatable bonds is 9. The van der Waals surface area contributed by atoms with Gasteiger partial charge in [-0.2, -0.15) is 0 Å². The molecule has 1 atom stereocenters. The zero-order valence-corrected chi connectivity index (χ0v) is 14.0. The Hall–Kier alpha value is -1.03. The van der Waals surface area contributed by atoms with Crippen molar-refractivity contribution in [1.82, 2.24) is 0 Å². The predicted octanol–water partition coefficient (Wildman–Crippen LogP) is 4.62. The van der Waals surface area contributed by atoms with Crippen molar-refractivity contribution >= 4 is 21.7 Å². The summed E-state index contributed by atoms with van der Waals surface area (Å²) in [5.74, 6) is 1.44. The SMILES string of the molecule is CCCOc1ccc(C(=O)C(Br)CC)cc1OCCC. The minimum absolute atomic E-state index is 0.0795. The molecule has 0 bridgehead atoms. The van der Waals surface area contributed by atoms with E-state index in [0.29, 0.717) is 30.3 Å². The van der Waals surface area contributed by atoms with Gasteiger partial charge in [0, 0.05) is 5.56 Å². The molecular weight excluding hydrogens is 320 g/mol. The smallest absolute Gasteiger partial charge is 0.176 e. The Morgan fingerprint density at radius 3 is 2.25 bits per heavy atom. The molecule has 1 aromatic rings. The number of carbonyl (C=O) groups is 1. The van der Waals surface area contributed by atoms with Crippen LogP contribution in [0.1, 0.15) is 50.4 Å². The van der Waals surface area contributed by atoms with Gasteiger partial charge in [0.25, 0.3) is 0 Å². The highest BCUT2D eigenvalue weighted by Gasteiger charge is 2.17. The molecule has 0 aliphatic heterocycles. The van der Waals surface area contributed by atoms with E-state index in [2.05, 4.69) is 22.9 Å². The van der Waals surface area contributed by atoms with Crippen molar-refractivity contribution in [1.29, 1.82) is 0 Å². The van der Waals surface area contributed by atoms with Crippen molar-refractivity contribution in [3.05, 3.63) is 23.8 Å². The van der Waals surface area contributed by atoms with Crippen LogP contribution in [-0.4, -0.2) is 23.8 Å². The lowest BCUT2D eigenvalue weighted by atomic mass is 10.1. The van der Waals surface area contributed by atoms with Crippen LogP contribution in [0, 0.1) is 0 Å². The first kappa shape index (κ1) is 17.0. The molecule has 0 aliphatic carbocycles. The highest BCUT2D eigenvalue weighted by atomic mass is 79.9. The molecule has 0 fully saturated rings. The number of alkyl halides is 1. The minimum atomic E-state index is -0.149. The molecule has 20 heavy (non-hydrogen) atoms. The molecule has 0 aromatic heterocycles. The summed E-state index contributed by atoms with van der Waals surface area (Å²) in [6.45, 7) is 7.34. The fourth-order valence-corrected chi connectivity index (χ4v) is 1.95. The number of Topliss-reactive ketones (excluding diaryl/α,β-unsaturated/α-hetero) is 1. The lowest BCUT2D eigenvalue weighted by Gasteiger charge is -2.14. The number of ether oxygens (including phenoxy) is 2. The van der Waals surface area contributed by atoms with Crippen molar-refractivity contribution in [3.63, 3.8) is 0 Å². The van der Waals surface area contributed by atoms with Gasteiger partial charge in [0.05, 0.1) is 18.0 Å². The molecule has 0 radical (unpaired) electrons. The summed E-state index contributed by atoms with van der Waals surface area (Å²) in [4.78, 5) is 12.0. The van der Waals surface area contributed by atoms with Gasteiger partial charge in [0.1, 0.15) is 0 Å². The Labute approximate surface area is 129 Å². The maximum absolute atomic E-state index is 12.2. The first-order valence-corrected chi connectivity index (χ1v) is 8.13. The monoisotopic (exact) mass is 342 g/mol. The number of hydrogen-bond donors (Lipinski definition) is 0. The van der Waals surface area contributed by atoms with Crippen molar-refractivity contribution in [3.8, 4) is 11.5 Å². The van der Waals surface area contributed by atoms with Crippen LogP contribution >= 0.6 is 15.9 Å². The second-order valence-corrected chi connectivity index (χ2v) is 5.70. The summed E-state index contributed by atoms with van der Waals surface area (Å²) in [7, 11) is 0. The number of halogens is 1. The maximum Gasteiger partial charge on any atom is 0.176 e. The van der Waals surface area contributed by atoms with Gasteiger partial charge < -0.3 is 9.47 Å². The minimum Gasteiger partial charge on any atom is -0.490 e. The summed E-state index contributed by atoms with van der Waals surface area (Å²) < 4.78 is 11.4. The van der Waals surface area contributed by atoms with Gasteiger partial charge in [-0.25, -0.2) is 0 Å². The van der Waals surface area contributed by atoms with E-state index in [0.717, 1.165) is 19.3 Å². The predicted molar refractivity (Wildman–Crippen MR) is 85.4 cm³/mol. The Morgan fingerprint density at radius 2 is 1.70 bits per heavy atom. The highest BCUT2D eigenvalue weighted by Crippen LogP contribution is 2.30. The third kappa shape index (κ3) is 4.82. The van der Waals surface area contributed by atoms with E-state index in [1.807, 2.05) is 19.9 Å². The van der Waals surface area contributed by atoms with Crippen LogP contribution in [0.5, 0.6) is 11.5 Å². The van der Waals surface area contributed by atoms with Crippen LogP contribution in [0.15, 0.2) is 18.2 Å². The van der Waals surface area contributed by atoms with Crippen molar-refractivity contribution < 1.29 is 14.3 Å². The summed E-state index contributed by atoms with van der Waals surface area (Å²) >= 11 is 3.39. The van der Waals surface area contributed by atoms with Crippen LogP contribution in [0.3, 0.4) is 0 Å². The fraction of sp³-hybridized carbons (Fsp3) is 0.562. The Bertz CT molecular complexity index is 432. The fourth-order valence-electron chi connectivity index (χ4n) is 1.68. The van der Waals surface area contributed by atoms with E-state index in [1.54, 1.807) is 12.1 Å². The van der Waals surface area contributed by atoms with Crippen LogP contribution in [0.4, 0.5) is 0 Å². The van der Waals surface area contributed by atoms with Crippen molar-refractivity contribution in [2.75, 3.05) is 13.2 Å². The van der Waals surface area contributed by atoms with Crippen LogP contribution in [0.25, 0.3) is 0 Å². The topological polar surface area (TPSA) is 35.5 Å². The molecule has 112 valence electrons. The third-order valence-corrected chi connectivity index (χ3v) is 3.86. The molecule has 0 amide bonds. The zero-order valence-electron chi connectivity index (χ0n) is 12.4. The molecule has 0 spiro atoms. The Morgan fingerprint density at radius 1 is 1.10 bits per heavy atom. The molecule has 0 saturated heterocycles. The van der Waals surface area contributed by atoms with Gasteiger partial charge in [-0.1, -0.05) is 36.7 Å². The van der Waals surface area contributed by atoms with Crippen LogP contribution in [-0.2, 0) is 0 Å². The van der Waals surface area contributed by atoms with Gasteiger partial charge in [0.15, 0.2) is 17.3 Å². The first-order chi connectivity index (χ1) is 9.63. The summed E-state index contributed by atoms with van der Waals surface area (Å²) in [5, 5.41) is 0.